The molecule has 2 aliphatic heterocycles. The van der Waals surface area contributed by atoms with Crippen LogP contribution in [0.5, 0.6) is 11.5 Å². The van der Waals surface area contributed by atoms with Crippen molar-refractivity contribution in [2.45, 2.75) is 62.6 Å². The van der Waals surface area contributed by atoms with Gasteiger partial charge in [-0.15, -0.1) is 8.78 Å². The molecule has 2 heterocycles. The Morgan fingerprint density at radius 2 is 1.77 bits per heavy atom. The fourth-order valence-electron chi connectivity index (χ4n) is 4.49. The number of nitrogens with one attached hydrogen (secondary N) is 1. The fraction of sp³-hybridized carbons (Fsp3) is 0.435. The summed E-state index contributed by atoms with van der Waals surface area (Å²) in [6, 6.07) is 14.6. The summed E-state index contributed by atoms with van der Waals surface area (Å²) in [7, 11) is 0. The average Bonchev–Trinajstić information content (AvgIpc) is 3.45. The Morgan fingerprint density at radius 1 is 1.03 bits per heavy atom. The summed E-state index contributed by atoms with van der Waals surface area (Å²) >= 11 is 0. The Kier molecular flexibility index (Phi) is 4.47. The predicted octanol–water partition coefficient (Wildman–Crippen LogP) is 4.46. The van der Waals surface area contributed by atoms with E-state index in [1.54, 1.807) is 6.07 Å². The molecular weight excluding hydrogens is 392 g/mol. The standard InChI is InChI=1S/C23H23F2NO4/c1-14-11-17(13-19(28-14)15-5-3-2-4-6-15)26-21(27)22(9-10-22)16-7-8-18-20(12-16)30-23(24,25)29-18/h2-8,12,14,17,19H,9-11,13H2,1H3,(H,26,27)/t14-,17-,19-/m1/s1. The van der Waals surface area contributed by atoms with E-state index in [1.165, 1.54) is 12.1 Å². The van der Waals surface area contributed by atoms with Crippen molar-refractivity contribution in [2.75, 3.05) is 0 Å². The summed E-state index contributed by atoms with van der Waals surface area (Å²) in [5.41, 5.74) is 1.08. The molecule has 2 fully saturated rings. The highest BCUT2D eigenvalue weighted by molar-refractivity contribution is 5.91. The molecule has 1 saturated heterocycles. The maximum absolute atomic E-state index is 13.3. The summed E-state index contributed by atoms with van der Waals surface area (Å²) in [6.45, 7) is 2.01. The van der Waals surface area contributed by atoms with Gasteiger partial charge in [-0.3, -0.25) is 4.79 Å². The number of ether oxygens (including phenoxy) is 3. The van der Waals surface area contributed by atoms with Gasteiger partial charge < -0.3 is 19.5 Å². The number of carbonyl (C=O) groups excluding carboxylic acids is 1. The normalized spacial score (nSPS) is 28.0. The average molecular weight is 415 g/mol. The highest BCUT2D eigenvalue weighted by Gasteiger charge is 2.53. The van der Waals surface area contributed by atoms with Crippen molar-refractivity contribution in [2.24, 2.45) is 0 Å². The lowest BCUT2D eigenvalue weighted by atomic mass is 9.91. The van der Waals surface area contributed by atoms with Crippen molar-refractivity contribution < 1.29 is 27.8 Å². The molecule has 0 aromatic heterocycles. The third kappa shape index (κ3) is 3.51. The minimum Gasteiger partial charge on any atom is -0.395 e. The first kappa shape index (κ1) is 19.3. The number of amides is 1. The van der Waals surface area contributed by atoms with Crippen LogP contribution in [0.3, 0.4) is 0 Å². The van der Waals surface area contributed by atoms with E-state index in [1.807, 2.05) is 37.3 Å². The summed E-state index contributed by atoms with van der Waals surface area (Å²) in [4.78, 5) is 13.2. The van der Waals surface area contributed by atoms with E-state index in [-0.39, 0.29) is 35.7 Å². The van der Waals surface area contributed by atoms with Crippen molar-refractivity contribution in [1.82, 2.24) is 5.32 Å². The van der Waals surface area contributed by atoms with Gasteiger partial charge in [0.15, 0.2) is 11.5 Å². The molecule has 3 aliphatic rings. The third-order valence-corrected chi connectivity index (χ3v) is 6.16. The van der Waals surface area contributed by atoms with Gasteiger partial charge in [-0.05, 0) is 55.9 Å². The van der Waals surface area contributed by atoms with Crippen LogP contribution in [-0.2, 0) is 14.9 Å². The lowest BCUT2D eigenvalue weighted by Gasteiger charge is -2.35. The summed E-state index contributed by atoms with van der Waals surface area (Å²) in [5, 5.41) is 3.20. The van der Waals surface area contributed by atoms with Gasteiger partial charge in [0.2, 0.25) is 5.91 Å². The molecule has 0 unspecified atom stereocenters. The molecule has 0 radical (unpaired) electrons. The second-order valence-electron chi connectivity index (χ2n) is 8.40. The zero-order valence-corrected chi connectivity index (χ0v) is 16.6. The maximum atomic E-state index is 13.3. The lowest BCUT2D eigenvalue weighted by molar-refractivity contribution is -0.286. The molecule has 2 aromatic carbocycles. The van der Waals surface area contributed by atoms with Crippen molar-refractivity contribution >= 4 is 5.91 Å². The van der Waals surface area contributed by atoms with Gasteiger partial charge >= 0.3 is 6.29 Å². The molecule has 1 aliphatic carbocycles. The number of carbonyl (C=O) groups is 1. The van der Waals surface area contributed by atoms with Gasteiger partial charge in [-0.25, -0.2) is 0 Å². The molecule has 1 N–H and O–H groups in total. The van der Waals surface area contributed by atoms with Crippen LogP contribution in [0.25, 0.3) is 0 Å². The lowest BCUT2D eigenvalue weighted by Crippen LogP contribution is -2.46. The Labute approximate surface area is 173 Å². The van der Waals surface area contributed by atoms with Crippen molar-refractivity contribution in [3.05, 3.63) is 59.7 Å². The van der Waals surface area contributed by atoms with E-state index in [9.17, 15) is 13.6 Å². The highest BCUT2D eigenvalue weighted by atomic mass is 19.3. The van der Waals surface area contributed by atoms with Crippen molar-refractivity contribution in [1.29, 1.82) is 0 Å². The van der Waals surface area contributed by atoms with Crippen LogP contribution in [-0.4, -0.2) is 24.3 Å². The number of fused-ring (bicyclic) bond motifs is 1. The predicted molar refractivity (Wildman–Crippen MR) is 104 cm³/mol. The Hall–Kier alpha value is -2.67. The van der Waals surface area contributed by atoms with E-state index >= 15 is 0 Å². The van der Waals surface area contributed by atoms with Crippen molar-refractivity contribution in [3.8, 4) is 11.5 Å². The van der Waals surface area contributed by atoms with Crippen LogP contribution in [0, 0.1) is 0 Å². The smallest absolute Gasteiger partial charge is 0.395 e. The minimum atomic E-state index is -3.66. The molecule has 0 spiro atoms. The summed E-state index contributed by atoms with van der Waals surface area (Å²) in [5.74, 6) is -0.108. The fourth-order valence-corrected chi connectivity index (χ4v) is 4.49. The second-order valence-corrected chi connectivity index (χ2v) is 8.40. The monoisotopic (exact) mass is 415 g/mol. The van der Waals surface area contributed by atoms with E-state index in [4.69, 9.17) is 4.74 Å². The van der Waals surface area contributed by atoms with Crippen LogP contribution in [0.4, 0.5) is 8.78 Å². The number of benzene rings is 2. The van der Waals surface area contributed by atoms with E-state index in [0.717, 1.165) is 12.0 Å². The molecule has 3 atom stereocenters. The van der Waals surface area contributed by atoms with E-state index < -0.39 is 11.7 Å². The maximum Gasteiger partial charge on any atom is 0.586 e. The summed E-state index contributed by atoms with van der Waals surface area (Å²) in [6.07, 6.45) is -0.918. The van der Waals surface area contributed by atoms with Gasteiger partial charge in [0.25, 0.3) is 0 Å². The topological polar surface area (TPSA) is 56.8 Å². The van der Waals surface area contributed by atoms with E-state index in [0.29, 0.717) is 24.8 Å². The van der Waals surface area contributed by atoms with Crippen LogP contribution in [0.15, 0.2) is 48.5 Å². The summed E-state index contributed by atoms with van der Waals surface area (Å²) < 4.78 is 41.8. The quantitative estimate of drug-likeness (QED) is 0.801. The molecule has 1 amide bonds. The molecule has 30 heavy (non-hydrogen) atoms. The van der Waals surface area contributed by atoms with Gasteiger partial charge in [-0.1, -0.05) is 36.4 Å². The minimum absolute atomic E-state index is 0.0103. The number of alkyl halides is 2. The zero-order chi connectivity index (χ0) is 20.9. The van der Waals surface area contributed by atoms with Crippen molar-refractivity contribution in [3.63, 3.8) is 0 Å². The molecule has 158 valence electrons. The Bertz CT molecular complexity index is 961. The first-order chi connectivity index (χ1) is 14.3. The van der Waals surface area contributed by atoms with Crippen LogP contribution < -0.4 is 14.8 Å². The van der Waals surface area contributed by atoms with Crippen LogP contribution in [0.2, 0.25) is 0 Å². The van der Waals surface area contributed by atoms with Gasteiger partial charge in [-0.2, -0.15) is 0 Å². The van der Waals surface area contributed by atoms with Crippen LogP contribution in [0.1, 0.15) is 49.8 Å². The molecular formula is C23H23F2NO4. The zero-order valence-electron chi connectivity index (χ0n) is 16.6. The largest absolute Gasteiger partial charge is 0.586 e. The number of halogens is 2. The van der Waals surface area contributed by atoms with E-state index in [2.05, 4.69) is 14.8 Å². The Morgan fingerprint density at radius 3 is 2.50 bits per heavy atom. The molecule has 2 aromatic rings. The second kappa shape index (κ2) is 6.94. The van der Waals surface area contributed by atoms with Gasteiger partial charge in [0.05, 0.1) is 17.6 Å². The number of hydrogen-bond donors (Lipinski definition) is 1. The first-order valence-electron chi connectivity index (χ1n) is 10.3. The third-order valence-electron chi connectivity index (χ3n) is 6.16. The number of rotatable bonds is 4. The molecule has 5 nitrogen and oxygen atoms in total. The highest BCUT2D eigenvalue weighted by Crippen LogP contribution is 2.52. The number of hydrogen-bond acceptors (Lipinski definition) is 4. The Balaban J connectivity index is 1.31. The van der Waals surface area contributed by atoms with Crippen LogP contribution >= 0.6 is 0 Å². The molecule has 5 rings (SSSR count). The first-order valence-corrected chi connectivity index (χ1v) is 10.3. The van der Waals surface area contributed by atoms with Gasteiger partial charge in [0, 0.05) is 6.04 Å². The SMILES string of the molecule is C[C@@H]1C[C@@H](NC(=O)C2(c3ccc4c(c3)OC(F)(F)O4)CC2)C[C@H](c2ccccc2)O1. The molecule has 7 heteroatoms. The van der Waals surface area contributed by atoms with Gasteiger partial charge in [0.1, 0.15) is 0 Å². The molecule has 0 bridgehead atoms. The molecule has 1 saturated carbocycles.